The Balaban J connectivity index is 4.90. The molecule has 0 aliphatic rings. The summed E-state index contributed by atoms with van der Waals surface area (Å²) in [5, 5.41) is 8.52. The first-order valence-corrected chi connectivity index (χ1v) is 5.28. The molecule has 0 amide bonds. The highest BCUT2D eigenvalue weighted by Gasteiger charge is 2.45. The molecule has 0 aliphatic heterocycles. The molecule has 0 aromatic carbocycles. The van der Waals surface area contributed by atoms with Crippen molar-refractivity contribution in [3.8, 4) is 0 Å². The summed E-state index contributed by atoms with van der Waals surface area (Å²) >= 11 is 0. The van der Waals surface area contributed by atoms with Crippen molar-refractivity contribution < 1.29 is 23.1 Å². The molecule has 0 aromatic heterocycles. The first-order chi connectivity index (χ1) is 7.23. The van der Waals surface area contributed by atoms with Gasteiger partial charge in [-0.3, -0.25) is 9.69 Å². The SMILES string of the molecule is CCC(C)N(CC)C(CC(=O)O)C(F)(F)F. The van der Waals surface area contributed by atoms with Crippen LogP contribution >= 0.6 is 0 Å². The van der Waals surface area contributed by atoms with Gasteiger partial charge in [-0.05, 0) is 19.9 Å². The molecule has 0 heterocycles. The standard InChI is InChI=1S/C10H18F3NO2/c1-4-7(3)14(5-2)8(6-9(15)16)10(11,12)13/h7-8H,4-6H2,1-3H3,(H,15,16). The number of alkyl halides is 3. The van der Waals surface area contributed by atoms with Gasteiger partial charge in [0, 0.05) is 6.04 Å². The quantitative estimate of drug-likeness (QED) is 0.776. The molecule has 16 heavy (non-hydrogen) atoms. The summed E-state index contributed by atoms with van der Waals surface area (Å²) in [6, 6.07) is -2.18. The van der Waals surface area contributed by atoms with Gasteiger partial charge < -0.3 is 5.11 Å². The van der Waals surface area contributed by atoms with Gasteiger partial charge in [0.25, 0.3) is 0 Å². The Hall–Kier alpha value is -0.780. The molecule has 0 saturated carbocycles. The molecule has 0 aliphatic carbocycles. The Morgan fingerprint density at radius 3 is 2.12 bits per heavy atom. The van der Waals surface area contributed by atoms with E-state index in [0.29, 0.717) is 6.42 Å². The van der Waals surface area contributed by atoms with Gasteiger partial charge in [-0.1, -0.05) is 13.8 Å². The number of carboxylic acids is 1. The van der Waals surface area contributed by atoms with Crippen LogP contribution in [0.4, 0.5) is 13.2 Å². The van der Waals surface area contributed by atoms with Gasteiger partial charge in [-0.2, -0.15) is 13.2 Å². The molecular weight excluding hydrogens is 223 g/mol. The fourth-order valence-corrected chi connectivity index (χ4v) is 1.66. The largest absolute Gasteiger partial charge is 0.481 e. The molecule has 1 N–H and O–H groups in total. The highest BCUT2D eigenvalue weighted by molar-refractivity contribution is 5.67. The number of hydrogen-bond donors (Lipinski definition) is 1. The van der Waals surface area contributed by atoms with Gasteiger partial charge in [0.15, 0.2) is 0 Å². The van der Waals surface area contributed by atoms with E-state index in [0.717, 1.165) is 0 Å². The lowest BCUT2D eigenvalue weighted by atomic mass is 10.1. The second-order valence-electron chi connectivity index (χ2n) is 3.74. The van der Waals surface area contributed by atoms with Gasteiger partial charge in [-0.25, -0.2) is 0 Å². The van der Waals surface area contributed by atoms with Crippen LogP contribution in [0.2, 0.25) is 0 Å². The summed E-state index contributed by atoms with van der Waals surface area (Å²) in [5.41, 5.74) is 0. The van der Waals surface area contributed by atoms with E-state index in [-0.39, 0.29) is 12.6 Å². The third-order valence-corrected chi connectivity index (χ3v) is 2.67. The zero-order valence-corrected chi connectivity index (χ0v) is 9.71. The van der Waals surface area contributed by atoms with Gasteiger partial charge in [0.05, 0.1) is 6.42 Å². The molecule has 0 spiro atoms. The molecule has 2 unspecified atom stereocenters. The minimum atomic E-state index is -4.50. The Morgan fingerprint density at radius 1 is 1.38 bits per heavy atom. The van der Waals surface area contributed by atoms with Crippen LogP contribution in [0.1, 0.15) is 33.6 Å². The topological polar surface area (TPSA) is 40.5 Å². The normalized spacial score (nSPS) is 16.2. The Kier molecular flexibility index (Phi) is 5.78. The van der Waals surface area contributed by atoms with Crippen molar-refractivity contribution in [2.45, 2.75) is 51.9 Å². The van der Waals surface area contributed by atoms with Crippen molar-refractivity contribution in [1.82, 2.24) is 4.90 Å². The zero-order valence-electron chi connectivity index (χ0n) is 9.71. The van der Waals surface area contributed by atoms with Crippen molar-refractivity contribution in [2.75, 3.05) is 6.54 Å². The van der Waals surface area contributed by atoms with Crippen LogP contribution in [0.25, 0.3) is 0 Å². The monoisotopic (exact) mass is 241 g/mol. The van der Waals surface area contributed by atoms with Crippen molar-refractivity contribution in [3.63, 3.8) is 0 Å². The predicted molar refractivity (Wildman–Crippen MR) is 54.2 cm³/mol. The van der Waals surface area contributed by atoms with Crippen molar-refractivity contribution in [3.05, 3.63) is 0 Å². The van der Waals surface area contributed by atoms with Gasteiger partial charge in [0.1, 0.15) is 6.04 Å². The van der Waals surface area contributed by atoms with E-state index in [9.17, 15) is 18.0 Å². The highest BCUT2D eigenvalue weighted by Crippen LogP contribution is 2.29. The summed E-state index contributed by atoms with van der Waals surface area (Å²) in [6.45, 7) is 5.24. The third kappa shape index (κ3) is 4.38. The van der Waals surface area contributed by atoms with E-state index in [1.54, 1.807) is 20.8 Å². The molecule has 0 radical (unpaired) electrons. The first-order valence-electron chi connectivity index (χ1n) is 5.28. The van der Waals surface area contributed by atoms with Crippen molar-refractivity contribution in [2.24, 2.45) is 0 Å². The molecule has 3 nitrogen and oxygen atoms in total. The summed E-state index contributed by atoms with van der Waals surface area (Å²) in [7, 11) is 0. The first kappa shape index (κ1) is 15.2. The molecule has 2 atom stereocenters. The van der Waals surface area contributed by atoms with Crippen molar-refractivity contribution >= 4 is 5.97 Å². The van der Waals surface area contributed by atoms with E-state index in [2.05, 4.69) is 0 Å². The summed E-state index contributed by atoms with van der Waals surface area (Å²) in [6.07, 6.45) is -4.85. The molecule has 0 aromatic rings. The van der Waals surface area contributed by atoms with E-state index >= 15 is 0 Å². The summed E-state index contributed by atoms with van der Waals surface area (Å²) < 4.78 is 38.1. The number of hydrogen-bond acceptors (Lipinski definition) is 2. The number of carboxylic acid groups (broad SMARTS) is 1. The third-order valence-electron chi connectivity index (χ3n) is 2.67. The summed E-state index contributed by atoms with van der Waals surface area (Å²) in [5.74, 6) is -1.43. The Morgan fingerprint density at radius 2 is 1.88 bits per heavy atom. The van der Waals surface area contributed by atoms with E-state index < -0.39 is 24.6 Å². The molecule has 0 rings (SSSR count). The Labute approximate surface area is 93.2 Å². The average molecular weight is 241 g/mol. The lowest BCUT2D eigenvalue weighted by molar-refractivity contribution is -0.195. The average Bonchev–Trinajstić information content (AvgIpc) is 2.15. The minimum Gasteiger partial charge on any atom is -0.481 e. The van der Waals surface area contributed by atoms with E-state index in [1.165, 1.54) is 4.90 Å². The van der Waals surface area contributed by atoms with Crippen LogP contribution in [-0.4, -0.2) is 40.8 Å². The van der Waals surface area contributed by atoms with Crippen LogP contribution in [0.15, 0.2) is 0 Å². The fraction of sp³-hybridized carbons (Fsp3) is 0.900. The molecular formula is C10H18F3NO2. The van der Waals surface area contributed by atoms with E-state index in [1.807, 2.05) is 0 Å². The molecule has 96 valence electrons. The Bertz CT molecular complexity index is 231. The maximum absolute atomic E-state index is 12.7. The fourth-order valence-electron chi connectivity index (χ4n) is 1.66. The van der Waals surface area contributed by atoms with Crippen LogP contribution in [-0.2, 0) is 4.79 Å². The minimum absolute atomic E-state index is 0.187. The predicted octanol–water partition coefficient (Wildman–Crippen LogP) is 2.51. The highest BCUT2D eigenvalue weighted by atomic mass is 19.4. The molecule has 0 bridgehead atoms. The lowest BCUT2D eigenvalue weighted by Crippen LogP contribution is -2.50. The van der Waals surface area contributed by atoms with Crippen molar-refractivity contribution in [1.29, 1.82) is 0 Å². The maximum Gasteiger partial charge on any atom is 0.404 e. The second kappa shape index (κ2) is 6.08. The van der Waals surface area contributed by atoms with Crippen LogP contribution in [0.5, 0.6) is 0 Å². The van der Waals surface area contributed by atoms with E-state index in [4.69, 9.17) is 5.11 Å². The second-order valence-corrected chi connectivity index (χ2v) is 3.74. The number of rotatable bonds is 6. The smallest absolute Gasteiger partial charge is 0.404 e. The molecule has 0 saturated heterocycles. The number of carbonyl (C=O) groups is 1. The zero-order chi connectivity index (χ0) is 12.9. The van der Waals surface area contributed by atoms with Crippen LogP contribution < -0.4 is 0 Å². The maximum atomic E-state index is 12.7. The number of aliphatic carboxylic acids is 1. The molecule has 0 fully saturated rings. The molecule has 6 heteroatoms. The van der Waals surface area contributed by atoms with Gasteiger partial charge in [0.2, 0.25) is 0 Å². The van der Waals surface area contributed by atoms with Crippen LogP contribution in [0.3, 0.4) is 0 Å². The lowest BCUT2D eigenvalue weighted by Gasteiger charge is -2.35. The number of nitrogens with zero attached hydrogens (tertiary/aromatic N) is 1. The van der Waals surface area contributed by atoms with Gasteiger partial charge in [-0.15, -0.1) is 0 Å². The van der Waals surface area contributed by atoms with Crippen LogP contribution in [0, 0.1) is 0 Å². The van der Waals surface area contributed by atoms with Gasteiger partial charge >= 0.3 is 12.1 Å². The summed E-state index contributed by atoms with van der Waals surface area (Å²) in [4.78, 5) is 11.6. The number of halogens is 3.